The van der Waals surface area contributed by atoms with Crippen molar-refractivity contribution in [1.29, 1.82) is 0 Å². The first kappa shape index (κ1) is 19.6. The minimum absolute atomic E-state index is 0.0172. The van der Waals surface area contributed by atoms with Crippen molar-refractivity contribution in [1.82, 2.24) is 14.9 Å². The normalized spacial score (nSPS) is 25.3. The van der Waals surface area contributed by atoms with E-state index in [1.165, 1.54) is 18.0 Å². The number of hydrogen-bond acceptors (Lipinski definition) is 8. The molecule has 0 saturated carbocycles. The summed E-state index contributed by atoms with van der Waals surface area (Å²) in [6, 6.07) is 0. The summed E-state index contributed by atoms with van der Waals surface area (Å²) in [6.45, 7) is 3.51. The summed E-state index contributed by atoms with van der Waals surface area (Å²) in [6.07, 6.45) is 3.63. The lowest BCUT2D eigenvalue weighted by Crippen LogP contribution is -2.50. The molecule has 0 aliphatic carbocycles. The molecule has 1 unspecified atom stereocenters. The average molecular weight is 375 g/mol. The lowest BCUT2D eigenvalue weighted by Gasteiger charge is -2.39. The van der Waals surface area contributed by atoms with Crippen LogP contribution in [0.2, 0.25) is 0 Å². The summed E-state index contributed by atoms with van der Waals surface area (Å²) in [5, 5.41) is 2.57. The standard InChI is InChI=1S/C14H22N3O7P/c1-14(2)8-22-25(20,23-10-17-7-6-15-9-17)24-12(14)13(19)16-5-4-11(18)21-3/h6-7,9,12H,4-5,8,10H2,1-3H3,(H,16,19)/t12-,25?/m0/s1. The molecule has 0 bridgehead atoms. The molecule has 1 aromatic heterocycles. The molecular formula is C14H22N3O7P. The summed E-state index contributed by atoms with van der Waals surface area (Å²) in [5.41, 5.74) is -0.721. The van der Waals surface area contributed by atoms with Crippen molar-refractivity contribution in [3.63, 3.8) is 0 Å². The quantitative estimate of drug-likeness (QED) is 0.556. The first-order chi connectivity index (χ1) is 11.8. The second kappa shape index (κ2) is 8.09. The molecule has 2 atom stereocenters. The van der Waals surface area contributed by atoms with E-state index in [1.54, 1.807) is 26.2 Å². The van der Waals surface area contributed by atoms with Gasteiger partial charge in [0.1, 0.15) is 6.73 Å². The molecule has 1 aromatic rings. The molecule has 25 heavy (non-hydrogen) atoms. The van der Waals surface area contributed by atoms with Gasteiger partial charge >= 0.3 is 13.8 Å². The summed E-state index contributed by atoms with van der Waals surface area (Å²) < 4.78 is 34.5. The van der Waals surface area contributed by atoms with Crippen molar-refractivity contribution in [2.75, 3.05) is 20.3 Å². The van der Waals surface area contributed by atoms with E-state index in [9.17, 15) is 14.2 Å². The number of phosphoric acid groups is 1. The number of methoxy groups -OCH3 is 1. The summed E-state index contributed by atoms with van der Waals surface area (Å²) in [7, 11) is -2.64. The van der Waals surface area contributed by atoms with Crippen molar-refractivity contribution in [2.45, 2.75) is 33.1 Å². The zero-order valence-electron chi connectivity index (χ0n) is 14.3. The number of carbonyl (C=O) groups excluding carboxylic acids is 2. The first-order valence-corrected chi connectivity index (χ1v) is 9.09. The fraction of sp³-hybridized carbons (Fsp3) is 0.643. The fourth-order valence-corrected chi connectivity index (χ4v) is 3.68. The van der Waals surface area contributed by atoms with E-state index in [4.69, 9.17) is 13.6 Å². The predicted molar refractivity (Wildman–Crippen MR) is 85.2 cm³/mol. The Hall–Kier alpha value is -1.74. The van der Waals surface area contributed by atoms with E-state index in [-0.39, 0.29) is 26.3 Å². The zero-order chi connectivity index (χ0) is 18.5. The van der Waals surface area contributed by atoms with Gasteiger partial charge in [0.05, 0.1) is 26.5 Å². The van der Waals surface area contributed by atoms with E-state index in [1.807, 2.05) is 0 Å². The maximum absolute atomic E-state index is 12.6. The monoisotopic (exact) mass is 375 g/mol. The third-order valence-electron chi connectivity index (χ3n) is 3.56. The molecule has 0 radical (unpaired) electrons. The highest BCUT2D eigenvalue weighted by atomic mass is 31.2. The molecule has 1 aliphatic rings. The molecule has 1 saturated heterocycles. The average Bonchev–Trinajstić information content (AvgIpc) is 3.09. The van der Waals surface area contributed by atoms with Crippen LogP contribution in [0.1, 0.15) is 20.3 Å². The first-order valence-electron chi connectivity index (χ1n) is 7.63. The molecule has 1 amide bonds. The summed E-state index contributed by atoms with van der Waals surface area (Å²) in [4.78, 5) is 27.3. The van der Waals surface area contributed by atoms with Crippen LogP contribution in [0, 0.1) is 5.41 Å². The van der Waals surface area contributed by atoms with Gasteiger partial charge in [0, 0.05) is 24.4 Å². The van der Waals surface area contributed by atoms with Gasteiger partial charge in [0.2, 0.25) is 5.91 Å². The van der Waals surface area contributed by atoms with Gasteiger partial charge in [0.25, 0.3) is 0 Å². The van der Waals surface area contributed by atoms with E-state index in [0.717, 1.165) is 0 Å². The molecule has 140 valence electrons. The van der Waals surface area contributed by atoms with Gasteiger partial charge in [-0.3, -0.25) is 23.2 Å². The van der Waals surface area contributed by atoms with Crippen LogP contribution >= 0.6 is 7.82 Å². The lowest BCUT2D eigenvalue weighted by molar-refractivity contribution is -0.143. The Morgan fingerprint density at radius 1 is 1.48 bits per heavy atom. The predicted octanol–water partition coefficient (Wildman–Crippen LogP) is 1.09. The van der Waals surface area contributed by atoms with Crippen LogP contribution in [0.3, 0.4) is 0 Å². The van der Waals surface area contributed by atoms with Crippen molar-refractivity contribution < 1.29 is 32.5 Å². The molecule has 11 heteroatoms. The topological polar surface area (TPSA) is 118 Å². The van der Waals surface area contributed by atoms with E-state index < -0.39 is 31.2 Å². The van der Waals surface area contributed by atoms with E-state index >= 15 is 0 Å². The largest absolute Gasteiger partial charge is 0.477 e. The van der Waals surface area contributed by atoms with Crippen molar-refractivity contribution in [2.24, 2.45) is 5.41 Å². The molecule has 0 aromatic carbocycles. The number of carbonyl (C=O) groups is 2. The van der Waals surface area contributed by atoms with Gasteiger partial charge in [0.15, 0.2) is 6.10 Å². The minimum Gasteiger partial charge on any atom is -0.469 e. The van der Waals surface area contributed by atoms with Crippen LogP contribution in [0.15, 0.2) is 18.7 Å². The molecule has 10 nitrogen and oxygen atoms in total. The molecular weight excluding hydrogens is 353 g/mol. The smallest absolute Gasteiger partial charge is 0.469 e. The Morgan fingerprint density at radius 2 is 2.24 bits per heavy atom. The number of phosphoric ester groups is 1. The van der Waals surface area contributed by atoms with Crippen LogP contribution in [0.4, 0.5) is 0 Å². The number of hydrogen-bond donors (Lipinski definition) is 1. The van der Waals surface area contributed by atoms with E-state index in [0.29, 0.717) is 0 Å². The highest BCUT2D eigenvalue weighted by molar-refractivity contribution is 7.48. The number of esters is 1. The second-order valence-corrected chi connectivity index (χ2v) is 7.77. The zero-order valence-corrected chi connectivity index (χ0v) is 15.2. The number of nitrogens with zero attached hydrogens (tertiary/aromatic N) is 2. The Labute approximate surface area is 145 Å². The van der Waals surface area contributed by atoms with Gasteiger partial charge < -0.3 is 14.6 Å². The van der Waals surface area contributed by atoms with Crippen LogP contribution in [-0.2, 0) is 39.2 Å². The Bertz CT molecular complexity index is 647. The van der Waals surface area contributed by atoms with Gasteiger partial charge in [-0.15, -0.1) is 0 Å². The number of aromatic nitrogens is 2. The SMILES string of the molecule is COC(=O)CCNC(=O)[C@@H]1OP(=O)(OCn2ccnc2)OCC1(C)C. The molecule has 0 spiro atoms. The number of amides is 1. The molecule has 1 aliphatic heterocycles. The molecule has 2 heterocycles. The number of rotatable bonds is 7. The van der Waals surface area contributed by atoms with Crippen molar-refractivity contribution in [3.05, 3.63) is 18.7 Å². The van der Waals surface area contributed by atoms with Gasteiger partial charge in [-0.05, 0) is 0 Å². The molecule has 1 N–H and O–H groups in total. The van der Waals surface area contributed by atoms with Crippen molar-refractivity contribution >= 4 is 19.7 Å². The molecule has 1 fully saturated rings. The highest BCUT2D eigenvalue weighted by Gasteiger charge is 2.49. The van der Waals surface area contributed by atoms with Crippen LogP contribution < -0.4 is 5.32 Å². The Kier molecular flexibility index (Phi) is 6.34. The van der Waals surface area contributed by atoms with Crippen LogP contribution in [0.25, 0.3) is 0 Å². The number of imidazole rings is 1. The maximum atomic E-state index is 12.6. The third-order valence-corrected chi connectivity index (χ3v) is 4.90. The fourth-order valence-electron chi connectivity index (χ4n) is 2.08. The third kappa shape index (κ3) is 5.37. The maximum Gasteiger partial charge on any atom is 0.477 e. The Morgan fingerprint density at radius 3 is 2.88 bits per heavy atom. The van der Waals surface area contributed by atoms with Gasteiger partial charge in [-0.25, -0.2) is 9.55 Å². The van der Waals surface area contributed by atoms with E-state index in [2.05, 4.69) is 15.0 Å². The van der Waals surface area contributed by atoms with Crippen LogP contribution in [-0.4, -0.2) is 47.8 Å². The minimum atomic E-state index is -3.90. The van der Waals surface area contributed by atoms with Gasteiger partial charge in [-0.1, -0.05) is 13.8 Å². The number of nitrogens with one attached hydrogen (secondary N) is 1. The van der Waals surface area contributed by atoms with Crippen molar-refractivity contribution in [3.8, 4) is 0 Å². The summed E-state index contributed by atoms with van der Waals surface area (Å²) >= 11 is 0. The molecule has 2 rings (SSSR count). The second-order valence-electron chi connectivity index (χ2n) is 6.15. The number of ether oxygens (including phenoxy) is 1. The summed E-state index contributed by atoms with van der Waals surface area (Å²) in [5.74, 6) is -0.939. The Balaban J connectivity index is 1.95. The van der Waals surface area contributed by atoms with Crippen LogP contribution in [0.5, 0.6) is 0 Å². The van der Waals surface area contributed by atoms with Gasteiger partial charge in [-0.2, -0.15) is 0 Å². The highest BCUT2D eigenvalue weighted by Crippen LogP contribution is 2.57. The lowest BCUT2D eigenvalue weighted by atomic mass is 9.87.